The molecule has 4 N–H and O–H groups in total. The van der Waals surface area contributed by atoms with Gasteiger partial charge in [0.2, 0.25) is 11.8 Å². The highest BCUT2D eigenvalue weighted by Gasteiger charge is 2.42. The second kappa shape index (κ2) is 16.7. The molecule has 3 aromatic carbocycles. The van der Waals surface area contributed by atoms with Crippen molar-refractivity contribution in [2.24, 2.45) is 17.8 Å². The number of likely N-dealkylation sites (tertiary alicyclic amines) is 2. The first-order chi connectivity index (χ1) is 28.2. The molecular formula is C44H53FN8O6. The molecule has 4 heterocycles. The molecule has 6 atom stereocenters. The number of aromatic amines is 2. The second-order valence-electron chi connectivity index (χ2n) is 16.6. The summed E-state index contributed by atoms with van der Waals surface area (Å²) in [4.78, 5) is 71.6. The number of fused-ring (bicyclic) bond motifs is 3. The van der Waals surface area contributed by atoms with Crippen molar-refractivity contribution in [3.8, 4) is 22.4 Å². The lowest BCUT2D eigenvalue weighted by Crippen LogP contribution is -2.52. The van der Waals surface area contributed by atoms with Gasteiger partial charge in [-0.2, -0.15) is 0 Å². The molecule has 2 fully saturated rings. The first-order valence-corrected chi connectivity index (χ1v) is 20.3. The van der Waals surface area contributed by atoms with Crippen molar-refractivity contribution < 1.29 is 33.0 Å². The van der Waals surface area contributed by atoms with Crippen molar-refractivity contribution in [1.29, 1.82) is 0 Å². The molecule has 0 radical (unpaired) electrons. The van der Waals surface area contributed by atoms with Gasteiger partial charge in [-0.3, -0.25) is 9.59 Å². The Kier molecular flexibility index (Phi) is 11.7. The zero-order valence-electron chi connectivity index (χ0n) is 34.8. The summed E-state index contributed by atoms with van der Waals surface area (Å²) in [6, 6.07) is 12.8. The van der Waals surface area contributed by atoms with E-state index in [-0.39, 0.29) is 47.7 Å². The van der Waals surface area contributed by atoms with Crippen LogP contribution in [0.15, 0.2) is 54.7 Å². The third-order valence-corrected chi connectivity index (χ3v) is 11.8. The molecule has 7 rings (SSSR count). The van der Waals surface area contributed by atoms with Crippen molar-refractivity contribution in [2.75, 3.05) is 20.8 Å². The van der Waals surface area contributed by atoms with E-state index in [0.29, 0.717) is 41.4 Å². The number of alkyl carbamates (subject to hydrolysis) is 2. The fraction of sp³-hybridized carbons (Fsp3) is 0.455. The minimum atomic E-state index is -0.770. The average Bonchev–Trinajstić information content (AvgIpc) is 4.03. The summed E-state index contributed by atoms with van der Waals surface area (Å²) in [6.07, 6.45) is 2.43. The van der Waals surface area contributed by atoms with Gasteiger partial charge in [-0.25, -0.2) is 23.9 Å². The minimum absolute atomic E-state index is 0.0795. The number of halogens is 1. The molecule has 0 spiro atoms. The van der Waals surface area contributed by atoms with Gasteiger partial charge in [-0.05, 0) is 84.7 Å². The monoisotopic (exact) mass is 808 g/mol. The van der Waals surface area contributed by atoms with E-state index < -0.39 is 30.1 Å². The van der Waals surface area contributed by atoms with E-state index in [2.05, 4.69) is 32.5 Å². The summed E-state index contributed by atoms with van der Waals surface area (Å²) in [5.74, 6) is 0.354. The van der Waals surface area contributed by atoms with E-state index in [0.717, 1.165) is 40.2 Å². The first-order valence-electron chi connectivity index (χ1n) is 20.3. The predicted octanol–water partition coefficient (Wildman–Crippen LogP) is 7.64. The molecular weight excluding hydrogens is 756 g/mol. The number of imidazole rings is 2. The summed E-state index contributed by atoms with van der Waals surface area (Å²) >= 11 is 0. The van der Waals surface area contributed by atoms with E-state index in [4.69, 9.17) is 14.5 Å². The number of H-pyrrole nitrogens is 2. The highest BCUT2D eigenvalue weighted by Crippen LogP contribution is 2.39. The number of carbonyl (C=O) groups excluding carboxylic acids is 4. The maximum Gasteiger partial charge on any atom is 0.407 e. The standard InChI is InChI=1S/C44H53FN8O6/c1-22(2)36(50-43(56)58-7)41(54)52-21-24(5)17-35(52)40-47-32-15-12-28-18-26(10-13-29(28)38(32)49-40)27-11-14-30(31(45)19-27)33-20-46-39(48-33)34-16-9-25(6)53(34)42(55)37(23(3)4)51-44(57)59-8/h10-15,18-20,22-25,34-37H,9,16-17,21H2,1-8H3,(H,46,48)(H,47,49)(H,50,56)(H,51,57)/t24-,25-,34-,35-,36-,37?/m0/s1. The van der Waals surface area contributed by atoms with Gasteiger partial charge < -0.3 is 39.9 Å². The maximum atomic E-state index is 16.0. The van der Waals surface area contributed by atoms with E-state index in [1.165, 1.54) is 20.3 Å². The van der Waals surface area contributed by atoms with Gasteiger partial charge >= 0.3 is 12.2 Å². The Balaban J connectivity index is 1.11. The Labute approximate surface area is 342 Å². The largest absolute Gasteiger partial charge is 0.453 e. The molecule has 2 saturated heterocycles. The zero-order chi connectivity index (χ0) is 42.3. The number of hydrogen-bond acceptors (Lipinski definition) is 8. The topological polar surface area (TPSA) is 175 Å². The number of nitrogens with one attached hydrogen (secondary N) is 4. The number of ether oxygens (including phenoxy) is 2. The molecule has 312 valence electrons. The summed E-state index contributed by atoms with van der Waals surface area (Å²) in [5, 5.41) is 7.27. The summed E-state index contributed by atoms with van der Waals surface area (Å²) in [5.41, 5.74) is 4.00. The van der Waals surface area contributed by atoms with Gasteiger partial charge in [0.25, 0.3) is 0 Å². The summed E-state index contributed by atoms with van der Waals surface area (Å²) < 4.78 is 25.5. The third kappa shape index (κ3) is 8.06. The second-order valence-corrected chi connectivity index (χ2v) is 16.6. The predicted molar refractivity (Wildman–Crippen MR) is 221 cm³/mol. The molecule has 14 nitrogen and oxygen atoms in total. The fourth-order valence-electron chi connectivity index (χ4n) is 8.63. The SMILES string of the molecule is COC(=O)NC(C(=O)N1[C@@H](C)CC[C@H]1c1ncc(-c2ccc(-c3ccc4c(ccc5nc([C@@H]6C[C@H](C)CN6C(=O)[C@@H](NC(=O)OC)C(C)C)[nH]c54)c3)cc2F)[nH]1)C(C)C. The van der Waals surface area contributed by atoms with E-state index >= 15 is 4.39 Å². The Morgan fingerprint density at radius 1 is 0.814 bits per heavy atom. The van der Waals surface area contributed by atoms with E-state index in [1.54, 1.807) is 17.2 Å². The Bertz CT molecular complexity index is 2390. The Morgan fingerprint density at radius 2 is 1.47 bits per heavy atom. The molecule has 15 heteroatoms. The van der Waals surface area contributed by atoms with Crippen LogP contribution in [0.2, 0.25) is 0 Å². The molecule has 2 aliphatic rings. The van der Waals surface area contributed by atoms with E-state index in [1.807, 2.05) is 75.9 Å². The van der Waals surface area contributed by atoms with Crippen molar-refractivity contribution in [1.82, 2.24) is 40.4 Å². The fourth-order valence-corrected chi connectivity index (χ4v) is 8.63. The molecule has 2 aromatic heterocycles. The molecule has 0 saturated carbocycles. The Hall–Kier alpha value is -5.99. The average molecular weight is 809 g/mol. The molecule has 1 unspecified atom stereocenters. The molecule has 4 amide bonds. The van der Waals surface area contributed by atoms with Gasteiger partial charge in [-0.15, -0.1) is 0 Å². The number of benzene rings is 3. The summed E-state index contributed by atoms with van der Waals surface area (Å²) in [6.45, 7) is 12.1. The summed E-state index contributed by atoms with van der Waals surface area (Å²) in [7, 11) is 2.54. The number of carbonyl (C=O) groups is 4. The molecule has 59 heavy (non-hydrogen) atoms. The van der Waals surface area contributed by atoms with Crippen molar-refractivity contribution in [3.05, 3.63) is 72.2 Å². The van der Waals surface area contributed by atoms with Crippen molar-refractivity contribution >= 4 is 45.8 Å². The molecule has 5 aromatic rings. The van der Waals surface area contributed by atoms with Crippen LogP contribution in [-0.4, -0.2) is 92.6 Å². The zero-order valence-corrected chi connectivity index (χ0v) is 34.8. The number of methoxy groups -OCH3 is 2. The highest BCUT2D eigenvalue weighted by molar-refractivity contribution is 6.05. The first kappa shape index (κ1) is 41.2. The van der Waals surface area contributed by atoms with Gasteiger partial charge in [0.05, 0.1) is 49.2 Å². The smallest absolute Gasteiger partial charge is 0.407 e. The van der Waals surface area contributed by atoms with Crippen molar-refractivity contribution in [3.63, 3.8) is 0 Å². The third-order valence-electron chi connectivity index (χ3n) is 11.8. The van der Waals surface area contributed by atoms with Crippen LogP contribution in [0.5, 0.6) is 0 Å². The van der Waals surface area contributed by atoms with Gasteiger partial charge in [0.1, 0.15) is 29.5 Å². The molecule has 0 bridgehead atoms. The van der Waals surface area contributed by atoms with E-state index in [9.17, 15) is 19.2 Å². The number of rotatable bonds is 10. The van der Waals surface area contributed by atoms with Crippen LogP contribution in [0.1, 0.15) is 84.5 Å². The lowest BCUT2D eigenvalue weighted by Gasteiger charge is -2.32. The van der Waals surface area contributed by atoms with Crippen molar-refractivity contribution in [2.45, 2.75) is 91.0 Å². The normalized spacial score (nSPS) is 20.4. The van der Waals surface area contributed by atoms with Crippen LogP contribution < -0.4 is 10.6 Å². The maximum absolute atomic E-state index is 16.0. The molecule has 0 aliphatic carbocycles. The van der Waals surface area contributed by atoms with Gasteiger partial charge in [0.15, 0.2) is 0 Å². The van der Waals surface area contributed by atoms with Crippen LogP contribution in [0, 0.1) is 23.6 Å². The van der Waals surface area contributed by atoms with Gasteiger partial charge in [0, 0.05) is 23.5 Å². The number of nitrogens with zero attached hydrogens (tertiary/aromatic N) is 4. The Morgan fingerprint density at radius 3 is 2.14 bits per heavy atom. The lowest BCUT2D eigenvalue weighted by atomic mass is 9.99. The van der Waals surface area contributed by atoms with Crippen LogP contribution >= 0.6 is 0 Å². The quantitative estimate of drug-likeness (QED) is 0.111. The highest BCUT2D eigenvalue weighted by atomic mass is 19.1. The lowest BCUT2D eigenvalue weighted by molar-refractivity contribution is -0.137. The number of aromatic nitrogens is 4. The number of amides is 4. The molecule has 2 aliphatic heterocycles. The van der Waals surface area contributed by atoms with Crippen LogP contribution in [-0.2, 0) is 19.1 Å². The van der Waals surface area contributed by atoms with Crippen LogP contribution in [0.4, 0.5) is 14.0 Å². The van der Waals surface area contributed by atoms with Crippen LogP contribution in [0.25, 0.3) is 44.2 Å². The van der Waals surface area contributed by atoms with Gasteiger partial charge in [-0.1, -0.05) is 58.9 Å². The number of hydrogen-bond donors (Lipinski definition) is 4. The van der Waals surface area contributed by atoms with Crippen LogP contribution in [0.3, 0.4) is 0 Å². The minimum Gasteiger partial charge on any atom is -0.453 e.